The first-order valence-corrected chi connectivity index (χ1v) is 4.48. The highest BCUT2D eigenvalue weighted by molar-refractivity contribution is 5.82. The number of aliphatic imine (C=N–C) groups is 1. The highest BCUT2D eigenvalue weighted by Crippen LogP contribution is 2.32. The maximum absolute atomic E-state index is 5.47. The topological polar surface area (TPSA) is 21.6 Å². The minimum absolute atomic E-state index is 0.0568. The molecule has 0 unspecified atom stereocenters. The molecule has 2 nitrogen and oxygen atoms in total. The zero-order valence-electron chi connectivity index (χ0n) is 8.63. The van der Waals surface area contributed by atoms with Crippen molar-refractivity contribution in [3.63, 3.8) is 0 Å². The van der Waals surface area contributed by atoms with Gasteiger partial charge in [-0.15, -0.1) is 0 Å². The molecule has 0 fully saturated rings. The Kier molecular flexibility index (Phi) is 3.04. The molecule has 0 aromatic heterocycles. The fourth-order valence-corrected chi connectivity index (χ4v) is 1.56. The number of nitrogens with zero attached hydrogens (tertiary/aromatic N) is 1. The third-order valence-corrected chi connectivity index (χ3v) is 2.30. The molecule has 1 rings (SSSR count). The van der Waals surface area contributed by atoms with Crippen molar-refractivity contribution in [2.75, 3.05) is 20.3 Å². The average molecular weight is 179 g/mol. The van der Waals surface area contributed by atoms with E-state index in [2.05, 4.69) is 25.4 Å². The summed E-state index contributed by atoms with van der Waals surface area (Å²) in [7, 11) is 1.79. The lowest BCUT2D eigenvalue weighted by atomic mass is 9.81. The normalized spacial score (nSPS) is 22.4. The van der Waals surface area contributed by atoms with Gasteiger partial charge in [0.1, 0.15) is 0 Å². The maximum Gasteiger partial charge on any atom is 0.0720 e. The van der Waals surface area contributed by atoms with Gasteiger partial charge in [0.15, 0.2) is 0 Å². The summed E-state index contributed by atoms with van der Waals surface area (Å²) in [6.07, 6.45) is 3.78. The second-order valence-corrected chi connectivity index (χ2v) is 3.91. The third-order valence-electron chi connectivity index (χ3n) is 2.30. The van der Waals surface area contributed by atoms with Crippen LogP contribution in [0.3, 0.4) is 0 Å². The molecular formula is C11H17NO. The summed E-state index contributed by atoms with van der Waals surface area (Å²) in [5.41, 5.74) is 2.46. The Morgan fingerprint density at radius 3 is 2.77 bits per heavy atom. The molecule has 0 atom stereocenters. The fraction of sp³-hybridized carbons (Fsp3) is 0.545. The lowest BCUT2D eigenvalue weighted by Crippen LogP contribution is -2.29. The van der Waals surface area contributed by atoms with E-state index in [0.29, 0.717) is 6.61 Å². The molecule has 0 saturated heterocycles. The zero-order chi connectivity index (χ0) is 9.90. The number of ether oxygens (including phenoxy) is 1. The minimum atomic E-state index is 0.0568. The Morgan fingerprint density at radius 1 is 1.54 bits per heavy atom. The van der Waals surface area contributed by atoms with E-state index in [-0.39, 0.29) is 5.41 Å². The van der Waals surface area contributed by atoms with E-state index in [4.69, 9.17) is 4.74 Å². The van der Waals surface area contributed by atoms with Crippen LogP contribution in [0.1, 0.15) is 13.8 Å². The van der Waals surface area contributed by atoms with Gasteiger partial charge < -0.3 is 4.74 Å². The molecule has 2 heteroatoms. The molecule has 0 aliphatic carbocycles. The van der Waals surface area contributed by atoms with Crippen LogP contribution in [0.4, 0.5) is 0 Å². The van der Waals surface area contributed by atoms with Crippen LogP contribution in [0, 0.1) is 5.41 Å². The molecule has 1 aliphatic heterocycles. The molecule has 0 spiro atoms. The summed E-state index contributed by atoms with van der Waals surface area (Å²) in [4.78, 5) is 4.07. The molecule has 0 saturated carbocycles. The molecule has 1 aliphatic rings. The molecule has 0 amide bonds. The highest BCUT2D eigenvalue weighted by atomic mass is 16.5. The van der Waals surface area contributed by atoms with Gasteiger partial charge in [-0.2, -0.15) is 0 Å². The molecule has 0 aromatic carbocycles. The van der Waals surface area contributed by atoms with Crippen molar-refractivity contribution >= 4 is 6.21 Å². The van der Waals surface area contributed by atoms with Gasteiger partial charge in [0.2, 0.25) is 0 Å². The summed E-state index contributed by atoms with van der Waals surface area (Å²) in [6, 6.07) is 0. The number of hydrogen-bond acceptors (Lipinski definition) is 2. The van der Waals surface area contributed by atoms with Crippen LogP contribution in [0.25, 0.3) is 0 Å². The van der Waals surface area contributed by atoms with Crippen molar-refractivity contribution in [3.05, 3.63) is 23.8 Å². The van der Waals surface area contributed by atoms with E-state index < -0.39 is 0 Å². The Bertz CT molecular complexity index is 261. The van der Waals surface area contributed by atoms with E-state index in [0.717, 1.165) is 12.2 Å². The van der Waals surface area contributed by atoms with Gasteiger partial charge in [0.25, 0.3) is 0 Å². The van der Waals surface area contributed by atoms with E-state index in [1.807, 2.05) is 12.3 Å². The standard InChI is InChI=1S/C11H17NO/c1-5-9-7-13-8-11(2,3)10(9)6-12-4/h5-6H,1,7-8H2,2-4H3. The predicted octanol–water partition coefficient (Wildman–Crippen LogP) is 2.23. The van der Waals surface area contributed by atoms with Gasteiger partial charge in [0, 0.05) is 18.7 Å². The van der Waals surface area contributed by atoms with Crippen LogP contribution in [-0.2, 0) is 4.74 Å². The lowest BCUT2D eigenvalue weighted by Gasteiger charge is -2.32. The van der Waals surface area contributed by atoms with Crippen LogP contribution in [-0.4, -0.2) is 26.5 Å². The largest absolute Gasteiger partial charge is 0.376 e. The molecule has 0 bridgehead atoms. The molecule has 0 radical (unpaired) electrons. The summed E-state index contributed by atoms with van der Waals surface area (Å²) < 4.78 is 5.47. The Hall–Kier alpha value is -0.890. The zero-order valence-corrected chi connectivity index (χ0v) is 8.63. The van der Waals surface area contributed by atoms with Gasteiger partial charge in [-0.1, -0.05) is 26.5 Å². The van der Waals surface area contributed by atoms with Crippen molar-refractivity contribution in [2.45, 2.75) is 13.8 Å². The van der Waals surface area contributed by atoms with Crippen molar-refractivity contribution in [1.82, 2.24) is 0 Å². The monoisotopic (exact) mass is 179 g/mol. The average Bonchev–Trinajstić information content (AvgIpc) is 2.08. The second kappa shape index (κ2) is 3.88. The van der Waals surface area contributed by atoms with Crippen LogP contribution in [0.15, 0.2) is 28.8 Å². The van der Waals surface area contributed by atoms with E-state index in [1.54, 1.807) is 7.05 Å². The fourth-order valence-electron chi connectivity index (χ4n) is 1.56. The summed E-state index contributed by atoms with van der Waals surface area (Å²) in [6.45, 7) is 9.52. The lowest BCUT2D eigenvalue weighted by molar-refractivity contribution is 0.0825. The quantitative estimate of drug-likeness (QED) is 0.596. The number of rotatable bonds is 2. The first-order chi connectivity index (χ1) is 6.11. The molecule has 72 valence electrons. The third kappa shape index (κ3) is 2.07. The maximum atomic E-state index is 5.47. The molecule has 0 aromatic rings. The Morgan fingerprint density at radius 2 is 2.23 bits per heavy atom. The predicted molar refractivity (Wildman–Crippen MR) is 56.2 cm³/mol. The smallest absolute Gasteiger partial charge is 0.0720 e. The Balaban J connectivity index is 3.11. The van der Waals surface area contributed by atoms with Crippen molar-refractivity contribution in [3.8, 4) is 0 Å². The summed E-state index contributed by atoms with van der Waals surface area (Å²) in [5.74, 6) is 0. The Labute approximate surface area is 80.0 Å². The van der Waals surface area contributed by atoms with Gasteiger partial charge in [-0.25, -0.2) is 0 Å². The molecule has 13 heavy (non-hydrogen) atoms. The summed E-state index contributed by atoms with van der Waals surface area (Å²) >= 11 is 0. The SMILES string of the molecule is C=CC1=C(C=NC)C(C)(C)COC1. The van der Waals surface area contributed by atoms with Crippen LogP contribution in [0.5, 0.6) is 0 Å². The van der Waals surface area contributed by atoms with Crippen LogP contribution in [0.2, 0.25) is 0 Å². The molecular weight excluding hydrogens is 162 g/mol. The summed E-state index contributed by atoms with van der Waals surface area (Å²) in [5, 5.41) is 0. The first-order valence-electron chi connectivity index (χ1n) is 4.48. The molecule has 0 N–H and O–H groups in total. The minimum Gasteiger partial charge on any atom is -0.376 e. The van der Waals surface area contributed by atoms with Gasteiger partial charge in [-0.05, 0) is 11.1 Å². The van der Waals surface area contributed by atoms with Crippen LogP contribution < -0.4 is 0 Å². The van der Waals surface area contributed by atoms with E-state index in [9.17, 15) is 0 Å². The first kappa shape index (κ1) is 10.2. The van der Waals surface area contributed by atoms with E-state index >= 15 is 0 Å². The van der Waals surface area contributed by atoms with Crippen molar-refractivity contribution in [1.29, 1.82) is 0 Å². The molecule has 1 heterocycles. The highest BCUT2D eigenvalue weighted by Gasteiger charge is 2.28. The van der Waals surface area contributed by atoms with Crippen molar-refractivity contribution < 1.29 is 4.74 Å². The van der Waals surface area contributed by atoms with Gasteiger partial charge in [-0.3, -0.25) is 4.99 Å². The van der Waals surface area contributed by atoms with Crippen molar-refractivity contribution in [2.24, 2.45) is 10.4 Å². The second-order valence-electron chi connectivity index (χ2n) is 3.91. The van der Waals surface area contributed by atoms with Gasteiger partial charge in [0.05, 0.1) is 13.2 Å². The van der Waals surface area contributed by atoms with Crippen LogP contribution >= 0.6 is 0 Å². The van der Waals surface area contributed by atoms with Gasteiger partial charge >= 0.3 is 0 Å². The van der Waals surface area contributed by atoms with E-state index in [1.165, 1.54) is 5.57 Å². The number of hydrogen-bond donors (Lipinski definition) is 0.